The number of rotatable bonds is 0. The number of fused-ring (bicyclic) bond motifs is 7. The highest BCUT2D eigenvalue weighted by Crippen LogP contribution is 2.24. The molecule has 0 saturated carbocycles. The van der Waals surface area contributed by atoms with Gasteiger partial charge in [0.05, 0.1) is 11.7 Å². The van der Waals surface area contributed by atoms with Gasteiger partial charge in [-0.25, -0.2) is 9.97 Å². The van der Waals surface area contributed by atoms with Crippen molar-refractivity contribution in [1.82, 2.24) is 19.8 Å². The number of hydrogen-bond donors (Lipinski definition) is 0. The molecule has 5 nitrogen and oxygen atoms in total. The van der Waals surface area contributed by atoms with E-state index in [1.165, 1.54) is 16.7 Å². The lowest BCUT2D eigenvalue weighted by Gasteiger charge is -2.24. The first kappa shape index (κ1) is 21.9. The van der Waals surface area contributed by atoms with Crippen LogP contribution in [0.15, 0.2) is 60.8 Å². The molecule has 33 heavy (non-hydrogen) atoms. The normalized spacial score (nSPS) is 20.5. The third-order valence-electron chi connectivity index (χ3n) is 6.85. The van der Waals surface area contributed by atoms with Crippen molar-refractivity contribution >= 4 is 5.78 Å². The van der Waals surface area contributed by atoms with Gasteiger partial charge in [0.2, 0.25) is 0 Å². The zero-order valence-corrected chi connectivity index (χ0v) is 19.4. The number of carbonyl (C=O) groups is 1. The number of aromatic nitrogens is 2. The quantitative estimate of drug-likeness (QED) is 0.515. The Morgan fingerprint density at radius 2 is 1.76 bits per heavy atom. The van der Waals surface area contributed by atoms with Crippen LogP contribution in [0, 0.1) is 0 Å². The Morgan fingerprint density at radius 1 is 0.909 bits per heavy atom. The number of Topliss-reactive ketones (excluding diaryl/α,β-unsaturated/α-hetero) is 1. The van der Waals surface area contributed by atoms with Crippen molar-refractivity contribution in [2.75, 3.05) is 20.1 Å². The van der Waals surface area contributed by atoms with Crippen molar-refractivity contribution in [2.45, 2.75) is 51.2 Å². The van der Waals surface area contributed by atoms with Crippen LogP contribution in [0.2, 0.25) is 0 Å². The van der Waals surface area contributed by atoms with E-state index in [0.717, 1.165) is 62.5 Å². The molecule has 1 atom stereocenters. The summed E-state index contributed by atoms with van der Waals surface area (Å²) in [5.74, 6) is 1.23. The Morgan fingerprint density at radius 3 is 2.64 bits per heavy atom. The van der Waals surface area contributed by atoms with Gasteiger partial charge in [0.15, 0.2) is 0 Å². The number of carbonyl (C=O) groups excluding carboxylic acids is 1. The maximum absolute atomic E-state index is 13.0. The monoisotopic (exact) mass is 440 g/mol. The predicted octanol–water partition coefficient (Wildman–Crippen LogP) is 4.49. The zero-order valence-electron chi connectivity index (χ0n) is 19.4. The minimum Gasteiger partial charge on any atom is -0.302 e. The average molecular weight is 441 g/mol. The highest BCUT2D eigenvalue weighted by molar-refractivity contribution is 5.84. The highest BCUT2D eigenvalue weighted by Gasteiger charge is 2.30. The lowest BCUT2D eigenvalue weighted by molar-refractivity contribution is -0.123. The van der Waals surface area contributed by atoms with E-state index in [1.54, 1.807) is 0 Å². The van der Waals surface area contributed by atoms with E-state index in [1.807, 2.05) is 12.3 Å². The summed E-state index contributed by atoms with van der Waals surface area (Å²) in [6.07, 6.45) is 6.23. The summed E-state index contributed by atoms with van der Waals surface area (Å²) >= 11 is 0. The lowest BCUT2D eigenvalue weighted by Crippen LogP contribution is -2.36. The Balaban J connectivity index is 1.45. The van der Waals surface area contributed by atoms with Crippen LogP contribution in [0.5, 0.6) is 0 Å². The van der Waals surface area contributed by atoms with E-state index in [4.69, 9.17) is 4.98 Å². The van der Waals surface area contributed by atoms with Crippen molar-refractivity contribution in [2.24, 2.45) is 0 Å². The van der Waals surface area contributed by atoms with Gasteiger partial charge < -0.3 is 4.90 Å². The average Bonchev–Trinajstić information content (AvgIpc) is 3.27. The Hall–Kier alpha value is -2.89. The van der Waals surface area contributed by atoms with Crippen molar-refractivity contribution in [3.8, 4) is 11.3 Å². The van der Waals surface area contributed by atoms with Gasteiger partial charge in [0, 0.05) is 37.7 Å². The second kappa shape index (κ2) is 9.94. The maximum Gasteiger partial charge on any atom is 0.150 e. The van der Waals surface area contributed by atoms with Gasteiger partial charge in [-0.15, -0.1) is 0 Å². The molecule has 6 rings (SSSR count). The predicted molar refractivity (Wildman–Crippen MR) is 131 cm³/mol. The fourth-order valence-corrected chi connectivity index (χ4v) is 5.14. The molecule has 6 bridgehead atoms. The van der Waals surface area contributed by atoms with E-state index >= 15 is 0 Å². The first-order valence-corrected chi connectivity index (χ1v) is 12.1. The topological polar surface area (TPSA) is 49.3 Å². The summed E-state index contributed by atoms with van der Waals surface area (Å²) in [7, 11) is 2.13. The van der Waals surface area contributed by atoms with Crippen molar-refractivity contribution in [3.63, 3.8) is 0 Å². The lowest BCUT2D eigenvalue weighted by atomic mass is 10.0. The molecule has 1 saturated heterocycles. The summed E-state index contributed by atoms with van der Waals surface area (Å²) in [5.41, 5.74) is 5.81. The van der Waals surface area contributed by atoms with Crippen LogP contribution >= 0.6 is 0 Å². The minimum atomic E-state index is 0.0668. The molecule has 2 aromatic carbocycles. The second-order valence-electron chi connectivity index (χ2n) is 9.49. The van der Waals surface area contributed by atoms with Crippen LogP contribution in [0.3, 0.4) is 0 Å². The highest BCUT2D eigenvalue weighted by atomic mass is 16.1. The summed E-state index contributed by atoms with van der Waals surface area (Å²) in [5, 5.41) is 0. The molecule has 1 aromatic heterocycles. The smallest absolute Gasteiger partial charge is 0.150 e. The van der Waals surface area contributed by atoms with Crippen molar-refractivity contribution in [1.29, 1.82) is 0 Å². The minimum absolute atomic E-state index is 0.0668. The first-order chi connectivity index (χ1) is 16.1. The van der Waals surface area contributed by atoms with Gasteiger partial charge in [-0.2, -0.15) is 0 Å². The molecule has 4 heterocycles. The van der Waals surface area contributed by atoms with Crippen molar-refractivity contribution < 1.29 is 4.79 Å². The fraction of sp³-hybridized carbons (Fsp3) is 0.393. The number of hydrogen-bond acceptors (Lipinski definition) is 5. The Bertz CT molecular complexity index is 1110. The van der Waals surface area contributed by atoms with Crippen LogP contribution in [-0.4, -0.2) is 51.7 Å². The van der Waals surface area contributed by atoms with Gasteiger partial charge >= 0.3 is 0 Å². The SMILES string of the molecule is CN1CCCC(=O)[C@H]2CCCN2Cc2cccc(c2)Cc2nccc(n2)-c2ccc(cc2)C1. The van der Waals surface area contributed by atoms with Gasteiger partial charge in [-0.05, 0) is 62.2 Å². The summed E-state index contributed by atoms with van der Waals surface area (Å²) in [4.78, 5) is 27.1. The molecule has 0 N–H and O–H groups in total. The molecule has 3 aromatic rings. The molecule has 3 aliphatic heterocycles. The Kier molecular flexibility index (Phi) is 6.60. The van der Waals surface area contributed by atoms with Crippen LogP contribution < -0.4 is 0 Å². The van der Waals surface area contributed by atoms with Crippen molar-refractivity contribution in [3.05, 3.63) is 83.3 Å². The molecule has 0 aliphatic carbocycles. The van der Waals surface area contributed by atoms with Crippen LogP contribution in [0.25, 0.3) is 11.3 Å². The molecule has 1 fully saturated rings. The molecule has 5 heteroatoms. The first-order valence-electron chi connectivity index (χ1n) is 12.1. The van der Waals surface area contributed by atoms with E-state index < -0.39 is 0 Å². The standard InChI is InChI=1S/C28H32N4O/c1-31-15-4-8-27(33)26-7-3-16-32(26)20-23-6-2-5-22(17-23)18-28-29-14-13-25(30-28)24-11-9-21(19-31)10-12-24/h2,5-6,9-14,17,26H,3-4,7-8,15-16,18-20H2,1H3/t26-/m1/s1. The maximum atomic E-state index is 13.0. The summed E-state index contributed by atoms with van der Waals surface area (Å²) < 4.78 is 0. The van der Waals surface area contributed by atoms with Crippen LogP contribution in [0.4, 0.5) is 0 Å². The molecule has 3 aliphatic rings. The molecule has 0 spiro atoms. The molecule has 170 valence electrons. The number of ketones is 1. The zero-order chi connectivity index (χ0) is 22.6. The third-order valence-corrected chi connectivity index (χ3v) is 6.85. The number of nitrogens with zero attached hydrogens (tertiary/aromatic N) is 4. The van der Waals surface area contributed by atoms with Crippen LogP contribution in [-0.2, 0) is 24.3 Å². The molecule has 0 radical (unpaired) electrons. The third kappa shape index (κ3) is 5.37. The van der Waals surface area contributed by atoms with Gasteiger partial charge in [0.25, 0.3) is 0 Å². The fourth-order valence-electron chi connectivity index (χ4n) is 5.14. The summed E-state index contributed by atoms with van der Waals surface area (Å²) in [6, 6.07) is 19.4. The van der Waals surface area contributed by atoms with Gasteiger partial charge in [-0.3, -0.25) is 9.69 Å². The second-order valence-corrected chi connectivity index (χ2v) is 9.49. The molecule has 0 amide bonds. The number of benzene rings is 2. The van der Waals surface area contributed by atoms with E-state index in [0.29, 0.717) is 18.6 Å². The van der Waals surface area contributed by atoms with E-state index in [-0.39, 0.29) is 6.04 Å². The largest absolute Gasteiger partial charge is 0.302 e. The van der Waals surface area contributed by atoms with Crippen LogP contribution in [0.1, 0.15) is 48.2 Å². The molecular formula is C28H32N4O. The van der Waals surface area contributed by atoms with E-state index in [9.17, 15) is 4.79 Å². The summed E-state index contributed by atoms with van der Waals surface area (Å²) in [6.45, 7) is 3.64. The van der Waals surface area contributed by atoms with Gasteiger partial charge in [-0.1, -0.05) is 48.5 Å². The van der Waals surface area contributed by atoms with Gasteiger partial charge in [0.1, 0.15) is 11.6 Å². The molecule has 0 unspecified atom stereocenters. The van der Waals surface area contributed by atoms with E-state index in [2.05, 4.69) is 70.4 Å². The Labute approximate surface area is 196 Å². The molecular weight excluding hydrogens is 408 g/mol.